The van der Waals surface area contributed by atoms with Gasteiger partial charge in [0.1, 0.15) is 0 Å². The molecule has 4 rings (SSSR count). The highest BCUT2D eigenvalue weighted by molar-refractivity contribution is 7.08. The Morgan fingerprint density at radius 3 is 2.91 bits per heavy atom. The van der Waals surface area contributed by atoms with E-state index in [9.17, 15) is 0 Å². The average molecular weight is 326 g/mol. The van der Waals surface area contributed by atoms with Crippen molar-refractivity contribution in [3.05, 3.63) is 52.8 Å². The van der Waals surface area contributed by atoms with E-state index in [0.717, 1.165) is 43.9 Å². The van der Waals surface area contributed by atoms with Gasteiger partial charge in [-0.1, -0.05) is 11.2 Å². The van der Waals surface area contributed by atoms with Gasteiger partial charge in [0.15, 0.2) is 0 Å². The lowest BCUT2D eigenvalue weighted by molar-refractivity contribution is 0.187. The molecular weight excluding hydrogens is 308 g/mol. The molecule has 4 heterocycles. The molecule has 0 amide bonds. The highest BCUT2D eigenvalue weighted by atomic mass is 32.1. The summed E-state index contributed by atoms with van der Waals surface area (Å²) in [6.45, 7) is 3.07. The maximum Gasteiger partial charge on any atom is 0.230 e. The van der Waals surface area contributed by atoms with Crippen molar-refractivity contribution in [3.8, 4) is 11.4 Å². The fraction of sp³-hybridized carbons (Fsp3) is 0.353. The molecule has 6 heteroatoms. The van der Waals surface area contributed by atoms with Crippen molar-refractivity contribution >= 4 is 11.3 Å². The Bertz CT molecular complexity index is 733. The predicted molar refractivity (Wildman–Crippen MR) is 89.1 cm³/mol. The van der Waals surface area contributed by atoms with Crippen LogP contribution in [0.25, 0.3) is 11.4 Å². The van der Waals surface area contributed by atoms with Crippen LogP contribution in [-0.2, 0) is 6.54 Å². The van der Waals surface area contributed by atoms with Gasteiger partial charge in [-0.05, 0) is 49.0 Å². The van der Waals surface area contributed by atoms with Gasteiger partial charge >= 0.3 is 0 Å². The zero-order chi connectivity index (χ0) is 15.5. The minimum Gasteiger partial charge on any atom is -0.339 e. The smallest absolute Gasteiger partial charge is 0.230 e. The van der Waals surface area contributed by atoms with Gasteiger partial charge in [-0.15, -0.1) is 0 Å². The summed E-state index contributed by atoms with van der Waals surface area (Å²) in [6.07, 6.45) is 5.88. The highest BCUT2D eigenvalue weighted by Gasteiger charge is 2.25. The van der Waals surface area contributed by atoms with Crippen LogP contribution in [0, 0.1) is 0 Å². The van der Waals surface area contributed by atoms with Crippen molar-refractivity contribution in [2.24, 2.45) is 0 Å². The maximum absolute atomic E-state index is 5.50. The van der Waals surface area contributed by atoms with E-state index < -0.39 is 0 Å². The Labute approximate surface area is 139 Å². The van der Waals surface area contributed by atoms with Crippen molar-refractivity contribution in [2.45, 2.75) is 25.3 Å². The van der Waals surface area contributed by atoms with Crippen molar-refractivity contribution in [1.82, 2.24) is 20.0 Å². The molecule has 0 bridgehead atoms. The van der Waals surface area contributed by atoms with Crippen LogP contribution < -0.4 is 0 Å². The summed E-state index contributed by atoms with van der Waals surface area (Å²) in [5.74, 6) is 1.87. The third-order valence-electron chi connectivity index (χ3n) is 4.29. The van der Waals surface area contributed by atoms with E-state index in [4.69, 9.17) is 4.52 Å². The van der Waals surface area contributed by atoms with Crippen LogP contribution >= 0.6 is 11.3 Å². The normalized spacial score (nSPS) is 16.7. The van der Waals surface area contributed by atoms with Crippen LogP contribution in [0.1, 0.15) is 30.2 Å². The zero-order valence-electron chi connectivity index (χ0n) is 12.8. The first-order valence-corrected chi connectivity index (χ1v) is 8.80. The molecule has 23 heavy (non-hydrogen) atoms. The largest absolute Gasteiger partial charge is 0.339 e. The minimum absolute atomic E-state index is 0.375. The molecule has 0 unspecified atom stereocenters. The van der Waals surface area contributed by atoms with Gasteiger partial charge in [0.05, 0.1) is 0 Å². The Kier molecular flexibility index (Phi) is 4.17. The van der Waals surface area contributed by atoms with Crippen molar-refractivity contribution in [2.75, 3.05) is 13.1 Å². The molecule has 0 saturated carbocycles. The monoisotopic (exact) mass is 326 g/mol. The molecular formula is C17H18N4OS. The fourth-order valence-electron chi connectivity index (χ4n) is 3.00. The summed E-state index contributed by atoms with van der Waals surface area (Å²) in [5, 5.41) is 8.20. The molecule has 0 radical (unpaired) electrons. The molecule has 1 aliphatic rings. The number of likely N-dealkylation sites (tertiary alicyclic amines) is 1. The molecule has 1 aliphatic heterocycles. The summed E-state index contributed by atoms with van der Waals surface area (Å²) < 4.78 is 5.50. The Hall–Kier alpha value is -2.05. The molecule has 118 valence electrons. The van der Waals surface area contributed by atoms with Gasteiger partial charge in [0, 0.05) is 35.8 Å². The maximum atomic E-state index is 5.50. The van der Waals surface area contributed by atoms with Crippen LogP contribution in [-0.4, -0.2) is 33.1 Å². The van der Waals surface area contributed by atoms with E-state index in [1.54, 1.807) is 11.3 Å². The molecule has 0 aliphatic carbocycles. The van der Waals surface area contributed by atoms with Crippen LogP contribution in [0.3, 0.4) is 0 Å². The standard InChI is InChI=1S/C17H18N4OS/c1-2-13(10-18-6-1)11-21-7-3-14(4-8-21)17-19-16(20-22-17)15-5-9-23-12-15/h1-2,5-6,9-10,12,14H,3-4,7-8,11H2. The fourth-order valence-corrected chi connectivity index (χ4v) is 3.63. The second-order valence-corrected chi connectivity index (χ2v) is 6.66. The molecule has 3 aromatic rings. The molecule has 1 saturated heterocycles. The lowest BCUT2D eigenvalue weighted by atomic mass is 9.96. The molecule has 1 fully saturated rings. The Morgan fingerprint density at radius 1 is 1.26 bits per heavy atom. The van der Waals surface area contributed by atoms with E-state index in [2.05, 4.69) is 26.1 Å². The molecule has 0 N–H and O–H groups in total. The van der Waals surface area contributed by atoms with E-state index in [1.807, 2.05) is 35.3 Å². The number of aromatic nitrogens is 3. The van der Waals surface area contributed by atoms with Crippen LogP contribution in [0.4, 0.5) is 0 Å². The highest BCUT2D eigenvalue weighted by Crippen LogP contribution is 2.29. The van der Waals surface area contributed by atoms with Crippen LogP contribution in [0.2, 0.25) is 0 Å². The second kappa shape index (κ2) is 6.60. The third-order valence-corrected chi connectivity index (χ3v) is 4.97. The van der Waals surface area contributed by atoms with E-state index in [-0.39, 0.29) is 0 Å². The van der Waals surface area contributed by atoms with Crippen molar-refractivity contribution in [3.63, 3.8) is 0 Å². The van der Waals surface area contributed by atoms with Crippen LogP contribution in [0.5, 0.6) is 0 Å². The summed E-state index contributed by atoms with van der Waals surface area (Å²) >= 11 is 1.65. The van der Waals surface area contributed by atoms with E-state index >= 15 is 0 Å². The average Bonchev–Trinajstić information content (AvgIpc) is 3.28. The molecule has 3 aromatic heterocycles. The predicted octanol–water partition coefficient (Wildman–Crippen LogP) is 3.57. The Balaban J connectivity index is 1.36. The zero-order valence-corrected chi connectivity index (χ0v) is 13.6. The molecule has 5 nitrogen and oxygen atoms in total. The molecule has 0 aromatic carbocycles. The van der Waals surface area contributed by atoms with Crippen molar-refractivity contribution < 1.29 is 4.52 Å². The number of piperidine rings is 1. The number of pyridine rings is 1. The van der Waals surface area contributed by atoms with Gasteiger partial charge in [-0.2, -0.15) is 16.3 Å². The first-order chi connectivity index (χ1) is 11.4. The third kappa shape index (κ3) is 3.33. The summed E-state index contributed by atoms with van der Waals surface area (Å²) in [6, 6.07) is 6.15. The first kappa shape index (κ1) is 14.5. The first-order valence-electron chi connectivity index (χ1n) is 7.86. The Morgan fingerprint density at radius 2 is 2.17 bits per heavy atom. The summed E-state index contributed by atoms with van der Waals surface area (Å²) in [4.78, 5) is 11.2. The lowest BCUT2D eigenvalue weighted by Gasteiger charge is -2.30. The van der Waals surface area contributed by atoms with E-state index in [0.29, 0.717) is 11.7 Å². The number of hydrogen-bond donors (Lipinski definition) is 0. The topological polar surface area (TPSA) is 55.1 Å². The number of thiophene rings is 1. The number of nitrogens with zero attached hydrogens (tertiary/aromatic N) is 4. The SMILES string of the molecule is c1cncc(CN2CCC(c3nc(-c4ccsc4)no3)CC2)c1. The second-order valence-electron chi connectivity index (χ2n) is 5.88. The van der Waals surface area contributed by atoms with Crippen LogP contribution in [0.15, 0.2) is 45.9 Å². The number of hydrogen-bond acceptors (Lipinski definition) is 6. The van der Waals surface area contributed by atoms with Gasteiger partial charge in [0.2, 0.25) is 11.7 Å². The number of rotatable bonds is 4. The summed E-state index contributed by atoms with van der Waals surface area (Å²) in [7, 11) is 0. The van der Waals surface area contributed by atoms with Gasteiger partial charge in [0.25, 0.3) is 0 Å². The lowest BCUT2D eigenvalue weighted by Crippen LogP contribution is -2.32. The van der Waals surface area contributed by atoms with E-state index in [1.165, 1.54) is 5.56 Å². The quantitative estimate of drug-likeness (QED) is 0.733. The summed E-state index contributed by atoms with van der Waals surface area (Å²) in [5.41, 5.74) is 2.31. The van der Waals surface area contributed by atoms with Crippen molar-refractivity contribution in [1.29, 1.82) is 0 Å². The molecule has 0 spiro atoms. The molecule has 0 atom stereocenters. The van der Waals surface area contributed by atoms with Gasteiger partial charge in [-0.3, -0.25) is 9.88 Å². The van der Waals surface area contributed by atoms with Gasteiger partial charge in [-0.25, -0.2) is 0 Å². The van der Waals surface area contributed by atoms with Gasteiger partial charge < -0.3 is 4.52 Å². The minimum atomic E-state index is 0.375.